The zero-order chi connectivity index (χ0) is 21.6. The Kier molecular flexibility index (Phi) is 8.73. The Hall–Kier alpha value is -1.99. The van der Waals surface area contributed by atoms with Crippen LogP contribution in [0.4, 0.5) is 0 Å². The lowest BCUT2D eigenvalue weighted by atomic mass is 9.97. The van der Waals surface area contributed by atoms with Gasteiger partial charge in [-0.1, -0.05) is 111 Å². The Morgan fingerprint density at radius 1 is 0.697 bits per heavy atom. The maximum absolute atomic E-state index is 5.05. The summed E-state index contributed by atoms with van der Waals surface area (Å²) in [4.78, 5) is 5.05. The maximum atomic E-state index is 5.05. The summed E-state index contributed by atoms with van der Waals surface area (Å²) >= 11 is 1.84. The van der Waals surface area contributed by atoms with Gasteiger partial charge in [0, 0.05) is 17.7 Å². The predicted octanol–water partition coefficient (Wildman–Crippen LogP) is 7.35. The molecule has 1 aliphatic carbocycles. The van der Waals surface area contributed by atoms with Crippen molar-refractivity contribution in [2.75, 3.05) is 0 Å². The van der Waals surface area contributed by atoms with Crippen LogP contribution in [0.2, 0.25) is 0 Å². The largest absolute Gasteiger partial charge is 0.246 e. The van der Waals surface area contributed by atoms with Gasteiger partial charge in [0.05, 0.1) is 10.7 Å². The molecule has 3 aromatic carbocycles. The number of hydrogen-bond donors (Lipinski definition) is 0. The molecule has 0 unspecified atom stereocenters. The van der Waals surface area contributed by atoms with Gasteiger partial charge in [-0.2, -0.15) is 0 Å². The highest BCUT2D eigenvalue weighted by atomic mass is 35.5. The average Bonchev–Trinajstić information content (AvgIpc) is 3.13. The molecule has 4 aromatic rings. The fourth-order valence-corrected chi connectivity index (χ4v) is 7.90. The van der Waals surface area contributed by atoms with E-state index in [4.69, 9.17) is 4.98 Å². The van der Waals surface area contributed by atoms with Crippen molar-refractivity contribution in [3.8, 4) is 0 Å². The van der Waals surface area contributed by atoms with Crippen molar-refractivity contribution in [1.82, 2.24) is 4.98 Å². The Morgan fingerprint density at radius 2 is 1.24 bits per heavy atom. The van der Waals surface area contributed by atoms with Crippen LogP contribution >= 0.6 is 31.7 Å². The minimum Gasteiger partial charge on any atom is -0.246 e. The van der Waals surface area contributed by atoms with Gasteiger partial charge in [0.1, 0.15) is 0 Å². The molecule has 1 aliphatic rings. The van der Waals surface area contributed by atoms with Gasteiger partial charge in [-0.25, -0.2) is 4.98 Å². The van der Waals surface area contributed by atoms with Gasteiger partial charge < -0.3 is 0 Å². The Balaban J connectivity index is 0.00000259. The van der Waals surface area contributed by atoms with Crippen molar-refractivity contribution in [2.45, 2.75) is 50.9 Å². The van der Waals surface area contributed by atoms with Gasteiger partial charge in [0.2, 0.25) is 0 Å². The van der Waals surface area contributed by atoms with Crippen LogP contribution in [-0.2, 0) is 6.42 Å². The van der Waals surface area contributed by atoms with Gasteiger partial charge >= 0.3 is 0 Å². The van der Waals surface area contributed by atoms with Gasteiger partial charge in [-0.3, -0.25) is 0 Å². The number of nitrogens with zero attached hydrogens (tertiary/aromatic N) is 1. The first-order chi connectivity index (χ1) is 15.9. The van der Waals surface area contributed by atoms with Crippen molar-refractivity contribution in [3.05, 3.63) is 107 Å². The van der Waals surface area contributed by atoms with Crippen molar-refractivity contribution in [1.29, 1.82) is 0 Å². The van der Waals surface area contributed by atoms with E-state index < -0.39 is 7.92 Å². The van der Waals surface area contributed by atoms with Crippen molar-refractivity contribution in [2.24, 2.45) is 0 Å². The summed E-state index contributed by atoms with van der Waals surface area (Å²) in [6.07, 6.45) is 9.10. The average molecular weight is 492 g/mol. The number of benzene rings is 3. The minimum absolute atomic E-state index is 0. The molecule has 1 nitrogen and oxygen atoms in total. The van der Waals surface area contributed by atoms with Crippen LogP contribution in [-0.4, -0.2) is 4.98 Å². The first-order valence-corrected chi connectivity index (χ1v) is 14.0. The number of aromatic nitrogens is 1. The van der Waals surface area contributed by atoms with E-state index >= 15 is 0 Å². The number of hydrogen-bond acceptors (Lipinski definition) is 2. The molecule has 1 fully saturated rings. The van der Waals surface area contributed by atoms with E-state index in [1.165, 1.54) is 70.7 Å². The first-order valence-electron chi connectivity index (χ1n) is 11.8. The normalized spacial score (nSPS) is 14.6. The second-order valence-electron chi connectivity index (χ2n) is 8.70. The molecule has 1 heterocycles. The lowest BCUT2D eigenvalue weighted by Crippen LogP contribution is -2.20. The van der Waals surface area contributed by atoms with E-state index in [1.807, 2.05) is 11.3 Å². The topological polar surface area (TPSA) is 12.9 Å². The molecule has 0 radical (unpaired) electrons. The van der Waals surface area contributed by atoms with Crippen LogP contribution in [0.3, 0.4) is 0 Å². The number of thiazole rings is 1. The minimum atomic E-state index is -0.538. The summed E-state index contributed by atoms with van der Waals surface area (Å²) in [5.74, 6) is 0.685. The third-order valence-electron chi connectivity index (χ3n) is 6.42. The monoisotopic (exact) mass is 491 g/mol. The summed E-state index contributed by atoms with van der Waals surface area (Å²) in [7, 11) is -0.538. The number of rotatable bonds is 6. The van der Waals surface area contributed by atoms with E-state index in [0.29, 0.717) is 5.92 Å². The Labute approximate surface area is 209 Å². The highest BCUT2D eigenvalue weighted by Crippen LogP contribution is 2.34. The van der Waals surface area contributed by atoms with Gasteiger partial charge in [0.25, 0.3) is 0 Å². The smallest absolute Gasteiger partial charge is 0.0972 e. The zero-order valence-corrected chi connectivity index (χ0v) is 21.4. The molecule has 170 valence electrons. The first kappa shape index (κ1) is 24.1. The van der Waals surface area contributed by atoms with Crippen molar-refractivity contribution < 1.29 is 0 Å². The fraction of sp³-hybridized carbons (Fsp3) is 0.276. The van der Waals surface area contributed by atoms with Crippen LogP contribution in [0, 0.1) is 0 Å². The van der Waals surface area contributed by atoms with E-state index in [0.717, 1.165) is 6.42 Å². The SMILES string of the molecule is Cl.c1ccc(P(c2ccccc2)c2ccc(Cc3nc(C4CCCCCC4)cs3)cc2)cc1. The molecule has 1 aromatic heterocycles. The molecule has 0 spiro atoms. The second kappa shape index (κ2) is 11.9. The summed E-state index contributed by atoms with van der Waals surface area (Å²) in [5, 5.41) is 7.78. The van der Waals surface area contributed by atoms with Crippen LogP contribution in [0.15, 0.2) is 90.3 Å². The van der Waals surface area contributed by atoms with E-state index in [9.17, 15) is 0 Å². The lowest BCUT2D eigenvalue weighted by molar-refractivity contribution is 0.579. The predicted molar refractivity (Wildman–Crippen MR) is 148 cm³/mol. The summed E-state index contributed by atoms with van der Waals surface area (Å²) < 4.78 is 0. The highest BCUT2D eigenvalue weighted by molar-refractivity contribution is 7.79. The summed E-state index contributed by atoms with van der Waals surface area (Å²) in [6, 6.07) is 31.1. The van der Waals surface area contributed by atoms with Crippen LogP contribution in [0.5, 0.6) is 0 Å². The third kappa shape index (κ3) is 6.12. The number of halogens is 1. The summed E-state index contributed by atoms with van der Waals surface area (Å²) in [6.45, 7) is 0. The van der Waals surface area contributed by atoms with Crippen LogP contribution in [0.25, 0.3) is 0 Å². The van der Waals surface area contributed by atoms with Gasteiger partial charge in [-0.15, -0.1) is 23.7 Å². The highest BCUT2D eigenvalue weighted by Gasteiger charge is 2.18. The molecular weight excluding hydrogens is 461 g/mol. The molecule has 0 atom stereocenters. The van der Waals surface area contributed by atoms with E-state index in [2.05, 4.69) is 90.3 Å². The van der Waals surface area contributed by atoms with Crippen molar-refractivity contribution >= 4 is 47.6 Å². The van der Waals surface area contributed by atoms with Gasteiger partial charge in [-0.05, 0) is 42.2 Å². The quantitative estimate of drug-likeness (QED) is 0.203. The fourth-order valence-electron chi connectivity index (χ4n) is 4.71. The van der Waals surface area contributed by atoms with Crippen LogP contribution < -0.4 is 15.9 Å². The molecule has 33 heavy (non-hydrogen) atoms. The molecule has 4 heteroatoms. The summed E-state index contributed by atoms with van der Waals surface area (Å²) in [5.41, 5.74) is 2.70. The van der Waals surface area contributed by atoms with Crippen LogP contribution in [0.1, 0.15) is 60.7 Å². The third-order valence-corrected chi connectivity index (χ3v) is 9.73. The lowest BCUT2D eigenvalue weighted by Gasteiger charge is -2.19. The molecule has 1 saturated carbocycles. The Bertz CT molecular complexity index is 1060. The van der Waals surface area contributed by atoms with E-state index in [1.54, 1.807) is 0 Å². The standard InChI is InChI=1S/C29H30NPS.ClH/c1-2-6-12-24(11-5-1)28-22-32-29(30-28)21-23-17-19-27(20-18-23)31(25-13-7-3-8-14-25)26-15-9-4-10-16-26;/h3-4,7-10,13-20,22,24H,1-2,5-6,11-12,21H2;1H. The molecule has 0 saturated heterocycles. The zero-order valence-electron chi connectivity index (χ0n) is 18.9. The molecule has 5 rings (SSSR count). The molecule has 0 amide bonds. The second-order valence-corrected chi connectivity index (χ2v) is 11.9. The molecule has 0 aliphatic heterocycles. The molecule has 0 bridgehead atoms. The maximum Gasteiger partial charge on any atom is 0.0972 e. The van der Waals surface area contributed by atoms with E-state index in [-0.39, 0.29) is 12.4 Å². The van der Waals surface area contributed by atoms with Crippen molar-refractivity contribution in [3.63, 3.8) is 0 Å². The van der Waals surface area contributed by atoms with Gasteiger partial charge in [0.15, 0.2) is 0 Å². The molecule has 0 N–H and O–H groups in total. The Morgan fingerprint density at radius 3 is 1.82 bits per heavy atom. The molecular formula is C29H31ClNPS.